The van der Waals surface area contributed by atoms with Crippen LogP contribution in [-0.2, 0) is 4.74 Å². The van der Waals surface area contributed by atoms with Gasteiger partial charge in [-0.05, 0) is 44.0 Å². The van der Waals surface area contributed by atoms with E-state index in [1.165, 1.54) is 0 Å². The van der Waals surface area contributed by atoms with E-state index in [0.29, 0.717) is 6.61 Å². The molecular formula is C13H18O2. The second kappa shape index (κ2) is 4.49. The van der Waals surface area contributed by atoms with Gasteiger partial charge >= 0.3 is 0 Å². The van der Waals surface area contributed by atoms with Crippen LogP contribution in [0.15, 0.2) is 30.8 Å². The van der Waals surface area contributed by atoms with Crippen LogP contribution in [0.1, 0.15) is 26.3 Å². The number of phenolic OH excluding ortho intramolecular Hbond substituents is 1. The lowest BCUT2D eigenvalue weighted by Crippen LogP contribution is -2.20. The molecule has 15 heavy (non-hydrogen) atoms. The average Bonchev–Trinajstić information content (AvgIpc) is 2.14. The van der Waals surface area contributed by atoms with Crippen molar-refractivity contribution in [2.75, 3.05) is 6.61 Å². The average molecular weight is 206 g/mol. The molecule has 1 aromatic carbocycles. The number of rotatable bonds is 3. The minimum Gasteiger partial charge on any atom is -0.508 e. The van der Waals surface area contributed by atoms with Crippen molar-refractivity contribution in [3.05, 3.63) is 36.4 Å². The summed E-state index contributed by atoms with van der Waals surface area (Å²) < 4.78 is 5.61. The fourth-order valence-corrected chi connectivity index (χ4v) is 1.08. The predicted molar refractivity (Wildman–Crippen MR) is 62.8 cm³/mol. The summed E-state index contributed by atoms with van der Waals surface area (Å²) in [5, 5.41) is 9.14. The van der Waals surface area contributed by atoms with Gasteiger partial charge in [-0.1, -0.05) is 18.7 Å². The Kier molecular flexibility index (Phi) is 3.53. The third kappa shape index (κ3) is 4.17. The van der Waals surface area contributed by atoms with Gasteiger partial charge in [0.25, 0.3) is 0 Å². The molecule has 0 aliphatic rings. The molecule has 1 aromatic rings. The standard InChI is InChI=1S/C13H18O2/c1-10(9-15-13(2,3)4)11-5-7-12(14)8-6-11/h5-8,14H,1,9H2,2-4H3. The summed E-state index contributed by atoms with van der Waals surface area (Å²) in [6.07, 6.45) is 0. The van der Waals surface area contributed by atoms with Gasteiger partial charge in [-0.15, -0.1) is 0 Å². The van der Waals surface area contributed by atoms with Crippen molar-refractivity contribution in [3.63, 3.8) is 0 Å². The van der Waals surface area contributed by atoms with Crippen molar-refractivity contribution < 1.29 is 9.84 Å². The SMILES string of the molecule is C=C(COC(C)(C)C)c1ccc(O)cc1. The Labute approximate surface area is 91.2 Å². The van der Waals surface area contributed by atoms with E-state index >= 15 is 0 Å². The second-order valence-electron chi connectivity index (χ2n) is 4.55. The molecule has 1 N–H and O–H groups in total. The first-order valence-electron chi connectivity index (χ1n) is 4.99. The molecule has 0 atom stereocenters. The van der Waals surface area contributed by atoms with E-state index in [1.807, 2.05) is 32.9 Å². The number of benzene rings is 1. The maximum atomic E-state index is 9.14. The van der Waals surface area contributed by atoms with Gasteiger partial charge in [-0.3, -0.25) is 0 Å². The lowest BCUT2D eigenvalue weighted by atomic mass is 10.1. The molecule has 1 rings (SSSR count). The largest absolute Gasteiger partial charge is 0.508 e. The number of hydrogen-bond acceptors (Lipinski definition) is 2. The van der Waals surface area contributed by atoms with Crippen LogP contribution in [0.4, 0.5) is 0 Å². The van der Waals surface area contributed by atoms with Crippen LogP contribution in [-0.4, -0.2) is 17.3 Å². The minimum absolute atomic E-state index is 0.153. The molecule has 0 aromatic heterocycles. The van der Waals surface area contributed by atoms with Gasteiger partial charge in [0.05, 0.1) is 12.2 Å². The van der Waals surface area contributed by atoms with Gasteiger partial charge < -0.3 is 9.84 Å². The van der Waals surface area contributed by atoms with Crippen LogP contribution < -0.4 is 0 Å². The predicted octanol–water partition coefficient (Wildman–Crippen LogP) is 3.22. The molecule has 2 nitrogen and oxygen atoms in total. The van der Waals surface area contributed by atoms with E-state index in [2.05, 4.69) is 6.58 Å². The molecule has 0 bridgehead atoms. The van der Waals surface area contributed by atoms with Crippen molar-refractivity contribution in [2.24, 2.45) is 0 Å². The first kappa shape index (κ1) is 11.8. The summed E-state index contributed by atoms with van der Waals surface area (Å²) in [6.45, 7) is 10.5. The zero-order chi connectivity index (χ0) is 11.5. The number of hydrogen-bond donors (Lipinski definition) is 1. The van der Waals surface area contributed by atoms with E-state index < -0.39 is 0 Å². The van der Waals surface area contributed by atoms with Crippen molar-refractivity contribution in [2.45, 2.75) is 26.4 Å². The van der Waals surface area contributed by atoms with Crippen LogP contribution in [0, 0.1) is 0 Å². The Morgan fingerprint density at radius 2 is 1.80 bits per heavy atom. The van der Waals surface area contributed by atoms with Crippen LogP contribution >= 0.6 is 0 Å². The fourth-order valence-electron chi connectivity index (χ4n) is 1.08. The summed E-state index contributed by atoms with van der Waals surface area (Å²) in [5.74, 6) is 0.267. The molecule has 0 saturated carbocycles. The Hall–Kier alpha value is -1.28. The van der Waals surface area contributed by atoms with Crippen molar-refractivity contribution in [3.8, 4) is 5.75 Å². The first-order chi connectivity index (χ1) is 6.88. The maximum absolute atomic E-state index is 9.14. The highest BCUT2D eigenvalue weighted by Gasteiger charge is 2.10. The smallest absolute Gasteiger partial charge is 0.115 e. The molecule has 82 valence electrons. The van der Waals surface area contributed by atoms with Crippen LogP contribution in [0.25, 0.3) is 5.57 Å². The van der Waals surface area contributed by atoms with Gasteiger partial charge in [0, 0.05) is 0 Å². The summed E-state index contributed by atoms with van der Waals surface area (Å²) in [7, 11) is 0. The zero-order valence-corrected chi connectivity index (χ0v) is 9.58. The Balaban J connectivity index is 2.58. The molecular weight excluding hydrogens is 188 g/mol. The van der Waals surface area contributed by atoms with Crippen molar-refractivity contribution in [1.82, 2.24) is 0 Å². The van der Waals surface area contributed by atoms with E-state index in [9.17, 15) is 0 Å². The molecule has 0 radical (unpaired) electrons. The number of ether oxygens (including phenoxy) is 1. The van der Waals surface area contributed by atoms with E-state index in [4.69, 9.17) is 9.84 Å². The fraction of sp³-hybridized carbons (Fsp3) is 0.385. The van der Waals surface area contributed by atoms with Gasteiger partial charge in [0.2, 0.25) is 0 Å². The van der Waals surface area contributed by atoms with Gasteiger partial charge in [-0.2, -0.15) is 0 Å². The highest BCUT2D eigenvalue weighted by molar-refractivity contribution is 5.64. The summed E-state index contributed by atoms with van der Waals surface area (Å²) in [6, 6.07) is 6.97. The minimum atomic E-state index is -0.153. The molecule has 0 aliphatic heterocycles. The lowest BCUT2D eigenvalue weighted by molar-refractivity contribution is 0.0183. The zero-order valence-electron chi connectivity index (χ0n) is 9.58. The highest BCUT2D eigenvalue weighted by atomic mass is 16.5. The molecule has 0 unspecified atom stereocenters. The highest BCUT2D eigenvalue weighted by Crippen LogP contribution is 2.18. The van der Waals surface area contributed by atoms with Crippen molar-refractivity contribution >= 4 is 5.57 Å². The molecule has 0 fully saturated rings. The van der Waals surface area contributed by atoms with Gasteiger partial charge in [0.15, 0.2) is 0 Å². The second-order valence-corrected chi connectivity index (χ2v) is 4.55. The van der Waals surface area contributed by atoms with Crippen molar-refractivity contribution in [1.29, 1.82) is 0 Å². The lowest BCUT2D eigenvalue weighted by Gasteiger charge is -2.20. The van der Waals surface area contributed by atoms with Crippen LogP contribution in [0.2, 0.25) is 0 Å². The topological polar surface area (TPSA) is 29.5 Å². The normalized spacial score (nSPS) is 11.4. The van der Waals surface area contributed by atoms with Crippen LogP contribution in [0.5, 0.6) is 5.75 Å². The summed E-state index contributed by atoms with van der Waals surface area (Å²) in [4.78, 5) is 0. The third-order valence-electron chi connectivity index (χ3n) is 1.95. The molecule has 0 spiro atoms. The third-order valence-corrected chi connectivity index (χ3v) is 1.95. The molecule has 0 saturated heterocycles. The Morgan fingerprint density at radius 1 is 1.27 bits per heavy atom. The number of phenols is 1. The quantitative estimate of drug-likeness (QED) is 0.822. The first-order valence-corrected chi connectivity index (χ1v) is 4.99. The monoisotopic (exact) mass is 206 g/mol. The van der Waals surface area contributed by atoms with Gasteiger partial charge in [0.1, 0.15) is 5.75 Å². The maximum Gasteiger partial charge on any atom is 0.115 e. The summed E-state index contributed by atoms with van der Waals surface area (Å²) in [5.41, 5.74) is 1.77. The molecule has 0 aliphatic carbocycles. The van der Waals surface area contributed by atoms with E-state index in [1.54, 1.807) is 12.1 Å². The van der Waals surface area contributed by atoms with Crippen LogP contribution in [0.3, 0.4) is 0 Å². The Morgan fingerprint density at radius 3 is 2.27 bits per heavy atom. The Bertz CT molecular complexity index is 331. The molecule has 2 heteroatoms. The molecule has 0 heterocycles. The van der Waals surface area contributed by atoms with E-state index in [0.717, 1.165) is 11.1 Å². The van der Waals surface area contributed by atoms with Gasteiger partial charge in [-0.25, -0.2) is 0 Å². The summed E-state index contributed by atoms with van der Waals surface area (Å²) >= 11 is 0. The molecule has 0 amide bonds. The van der Waals surface area contributed by atoms with E-state index in [-0.39, 0.29) is 11.4 Å². The number of aromatic hydroxyl groups is 1.